The molecule has 3 rings (SSSR count). The fourth-order valence-electron chi connectivity index (χ4n) is 3.44. The Balaban J connectivity index is 0.000000555. The zero-order valence-electron chi connectivity index (χ0n) is 24.1. The highest BCUT2D eigenvalue weighted by Crippen LogP contribution is 2.18. The van der Waals surface area contributed by atoms with Gasteiger partial charge in [0, 0.05) is 36.2 Å². The molecule has 0 radical (unpaired) electrons. The van der Waals surface area contributed by atoms with Crippen molar-refractivity contribution in [1.29, 1.82) is 0 Å². The molecule has 0 amide bonds. The lowest BCUT2D eigenvalue weighted by atomic mass is 10.1. The van der Waals surface area contributed by atoms with Crippen molar-refractivity contribution in [3.63, 3.8) is 0 Å². The van der Waals surface area contributed by atoms with Crippen LogP contribution in [0.1, 0.15) is 29.2 Å². The summed E-state index contributed by atoms with van der Waals surface area (Å²) in [5, 5.41) is 9.72. The number of allylic oxidation sites excluding steroid dienone is 3. The number of halogens is 1. The van der Waals surface area contributed by atoms with E-state index in [1.54, 1.807) is 18.2 Å². The van der Waals surface area contributed by atoms with Crippen LogP contribution in [-0.4, -0.2) is 13.6 Å². The molecule has 0 saturated carbocycles. The lowest BCUT2D eigenvalue weighted by Gasteiger charge is -2.13. The molecule has 40 heavy (non-hydrogen) atoms. The highest BCUT2D eigenvalue weighted by molar-refractivity contribution is 5.75. The summed E-state index contributed by atoms with van der Waals surface area (Å²) in [4.78, 5) is 0. The van der Waals surface area contributed by atoms with Gasteiger partial charge in [-0.15, -0.1) is 26.2 Å². The van der Waals surface area contributed by atoms with Gasteiger partial charge in [0.15, 0.2) is 0 Å². The van der Waals surface area contributed by atoms with Gasteiger partial charge in [-0.2, -0.15) is 0 Å². The van der Waals surface area contributed by atoms with Gasteiger partial charge in [0.05, 0.1) is 0 Å². The molecule has 0 bridgehead atoms. The molecule has 0 unspecified atom stereocenters. The van der Waals surface area contributed by atoms with E-state index in [-0.39, 0.29) is 5.82 Å². The van der Waals surface area contributed by atoms with Gasteiger partial charge in [0.1, 0.15) is 5.82 Å². The van der Waals surface area contributed by atoms with Crippen LogP contribution < -0.4 is 16.0 Å². The first-order valence-corrected chi connectivity index (χ1v) is 13.1. The van der Waals surface area contributed by atoms with E-state index >= 15 is 0 Å². The average molecular weight is 536 g/mol. The molecular formula is C36H42FN3. The summed E-state index contributed by atoms with van der Waals surface area (Å²) in [5.41, 5.74) is 8.29. The van der Waals surface area contributed by atoms with E-state index in [2.05, 4.69) is 85.5 Å². The lowest BCUT2D eigenvalue weighted by Crippen LogP contribution is -2.15. The van der Waals surface area contributed by atoms with Gasteiger partial charge in [0.2, 0.25) is 0 Å². The standard InChI is InChI=1S/C24H26FN3.C10H12.C2H4/c1-5-6-24(18(2)15-16-26-4)27-17-20-7-13-23(14-8-20)28-19(3)21-9-11-22(25)12-10-21;1-3-4-10-7-5-9(2)6-8-10;1-2/h1,6-15,26-28H,3,16-17H2,2,4H3;3,5-8H,1,4H2,2H3;1-2H2/b18-15-,24-6+;;. The number of likely N-dealkylation sites (N-methyl/N-ethyl adjacent to an activating group) is 1. The third-order valence-electron chi connectivity index (χ3n) is 5.69. The zero-order valence-corrected chi connectivity index (χ0v) is 24.1. The molecule has 0 fully saturated rings. The Kier molecular flexibility index (Phi) is 16.3. The predicted molar refractivity (Wildman–Crippen MR) is 173 cm³/mol. The minimum Gasteiger partial charge on any atom is -0.380 e. The third-order valence-corrected chi connectivity index (χ3v) is 5.69. The average Bonchev–Trinajstić information content (AvgIpc) is 2.98. The van der Waals surface area contributed by atoms with Gasteiger partial charge < -0.3 is 16.0 Å². The van der Waals surface area contributed by atoms with Gasteiger partial charge in [-0.25, -0.2) is 4.39 Å². The van der Waals surface area contributed by atoms with Crippen LogP contribution in [0.15, 0.2) is 129 Å². The molecule has 4 heteroatoms. The summed E-state index contributed by atoms with van der Waals surface area (Å²) in [7, 11) is 1.90. The van der Waals surface area contributed by atoms with Crippen molar-refractivity contribution in [3.05, 3.63) is 157 Å². The summed E-state index contributed by atoms with van der Waals surface area (Å²) in [6.07, 6.45) is 12.2. The molecule has 0 spiro atoms. The molecule has 3 aromatic rings. The molecule has 3 nitrogen and oxygen atoms in total. The second kappa shape index (κ2) is 19.5. The normalized spacial score (nSPS) is 10.6. The molecule has 3 aromatic carbocycles. The van der Waals surface area contributed by atoms with Crippen molar-refractivity contribution in [2.75, 3.05) is 18.9 Å². The van der Waals surface area contributed by atoms with Crippen molar-refractivity contribution in [3.8, 4) is 12.3 Å². The maximum absolute atomic E-state index is 13.0. The Bertz CT molecular complexity index is 1280. The number of nitrogens with one attached hydrogen (secondary N) is 3. The number of hydrogen-bond donors (Lipinski definition) is 3. The minimum atomic E-state index is -0.261. The van der Waals surface area contributed by atoms with E-state index in [1.165, 1.54) is 23.3 Å². The van der Waals surface area contributed by atoms with Crippen LogP contribution in [0.25, 0.3) is 5.70 Å². The largest absolute Gasteiger partial charge is 0.380 e. The zero-order chi connectivity index (χ0) is 29.8. The Morgan fingerprint density at radius 3 is 2.10 bits per heavy atom. The molecule has 0 aromatic heterocycles. The van der Waals surface area contributed by atoms with Gasteiger partial charge in [-0.05, 0) is 73.8 Å². The van der Waals surface area contributed by atoms with E-state index in [4.69, 9.17) is 6.42 Å². The van der Waals surface area contributed by atoms with Crippen molar-refractivity contribution in [1.82, 2.24) is 10.6 Å². The molecule has 3 N–H and O–H groups in total. The maximum atomic E-state index is 13.0. The third kappa shape index (κ3) is 12.8. The van der Waals surface area contributed by atoms with E-state index < -0.39 is 0 Å². The first kappa shape index (κ1) is 33.4. The van der Waals surface area contributed by atoms with Crippen molar-refractivity contribution < 1.29 is 4.39 Å². The SMILES string of the molecule is C#C/C=C(NCc1ccc(NC(=C)c2ccc(F)cc2)cc1)\C(C)=C/CNC.C=C.C=CCc1ccc(C)cc1. The van der Waals surface area contributed by atoms with Gasteiger partial charge in [-0.3, -0.25) is 0 Å². The topological polar surface area (TPSA) is 36.1 Å². The van der Waals surface area contributed by atoms with Gasteiger partial charge in [-0.1, -0.05) is 78.7 Å². The van der Waals surface area contributed by atoms with E-state index in [0.29, 0.717) is 6.54 Å². The highest BCUT2D eigenvalue weighted by atomic mass is 19.1. The van der Waals surface area contributed by atoms with E-state index in [1.807, 2.05) is 44.3 Å². The number of terminal acetylenes is 1. The molecule has 0 aliphatic heterocycles. The summed E-state index contributed by atoms with van der Waals surface area (Å²) in [5.74, 6) is 2.32. The van der Waals surface area contributed by atoms with Crippen LogP contribution in [0.5, 0.6) is 0 Å². The minimum absolute atomic E-state index is 0.261. The van der Waals surface area contributed by atoms with Crippen LogP contribution >= 0.6 is 0 Å². The molecule has 0 aliphatic carbocycles. The summed E-state index contributed by atoms with van der Waals surface area (Å²) < 4.78 is 13.0. The fourth-order valence-corrected chi connectivity index (χ4v) is 3.44. The maximum Gasteiger partial charge on any atom is 0.123 e. The van der Waals surface area contributed by atoms with Crippen LogP contribution in [-0.2, 0) is 13.0 Å². The Morgan fingerprint density at radius 1 is 0.950 bits per heavy atom. The first-order chi connectivity index (χ1) is 19.4. The Morgan fingerprint density at radius 2 is 1.55 bits per heavy atom. The second-order valence-corrected chi connectivity index (χ2v) is 8.81. The van der Waals surface area contributed by atoms with E-state index in [0.717, 1.165) is 46.7 Å². The van der Waals surface area contributed by atoms with Crippen LogP contribution in [0.4, 0.5) is 10.1 Å². The van der Waals surface area contributed by atoms with Crippen LogP contribution in [0, 0.1) is 25.1 Å². The summed E-state index contributed by atoms with van der Waals surface area (Å²) >= 11 is 0. The monoisotopic (exact) mass is 535 g/mol. The van der Waals surface area contributed by atoms with Crippen LogP contribution in [0.3, 0.4) is 0 Å². The second-order valence-electron chi connectivity index (χ2n) is 8.81. The Labute approximate surface area is 240 Å². The summed E-state index contributed by atoms with van der Waals surface area (Å²) in [6.45, 7) is 19.3. The number of hydrogen-bond acceptors (Lipinski definition) is 3. The molecular weight excluding hydrogens is 493 g/mol. The molecule has 208 valence electrons. The van der Waals surface area contributed by atoms with E-state index in [9.17, 15) is 4.39 Å². The molecule has 0 atom stereocenters. The lowest BCUT2D eigenvalue weighted by molar-refractivity contribution is 0.627. The predicted octanol–water partition coefficient (Wildman–Crippen LogP) is 8.21. The van der Waals surface area contributed by atoms with Gasteiger partial charge >= 0.3 is 0 Å². The van der Waals surface area contributed by atoms with Crippen molar-refractivity contribution in [2.24, 2.45) is 0 Å². The smallest absolute Gasteiger partial charge is 0.123 e. The summed E-state index contributed by atoms with van der Waals surface area (Å²) in [6, 6.07) is 22.8. The number of benzene rings is 3. The first-order valence-electron chi connectivity index (χ1n) is 13.1. The number of rotatable bonds is 11. The molecule has 0 heterocycles. The Hall–Kier alpha value is -4.59. The van der Waals surface area contributed by atoms with Gasteiger partial charge in [0.25, 0.3) is 0 Å². The van der Waals surface area contributed by atoms with Crippen molar-refractivity contribution >= 4 is 11.4 Å². The van der Waals surface area contributed by atoms with Crippen molar-refractivity contribution in [2.45, 2.75) is 26.8 Å². The molecule has 0 saturated heterocycles. The molecule has 0 aliphatic rings. The van der Waals surface area contributed by atoms with Crippen LogP contribution in [0.2, 0.25) is 0 Å². The number of anilines is 1. The quantitative estimate of drug-likeness (QED) is 0.132. The number of aryl methyl sites for hydroxylation is 1. The fraction of sp³-hybridized carbons (Fsp3) is 0.167. The highest BCUT2D eigenvalue weighted by Gasteiger charge is 2.03.